The van der Waals surface area contributed by atoms with Crippen molar-refractivity contribution in [3.63, 3.8) is 0 Å². The minimum absolute atomic E-state index is 0.578. The van der Waals surface area contributed by atoms with E-state index >= 15 is 0 Å². The molecule has 0 heterocycles. The lowest BCUT2D eigenvalue weighted by Gasteiger charge is -2.11. The highest BCUT2D eigenvalue weighted by Gasteiger charge is 2.08. The minimum Gasteiger partial charge on any atom is -0.300 e. The summed E-state index contributed by atoms with van der Waals surface area (Å²) >= 11 is 0. The van der Waals surface area contributed by atoms with Crippen molar-refractivity contribution in [3.05, 3.63) is 48.1 Å². The van der Waals surface area contributed by atoms with Gasteiger partial charge in [-0.25, -0.2) is 0 Å². The average Bonchev–Trinajstić information content (AvgIpc) is 2.09. The minimum atomic E-state index is 0.578. The van der Waals surface area contributed by atoms with E-state index in [4.69, 9.17) is 5.41 Å². The van der Waals surface area contributed by atoms with Gasteiger partial charge in [0.25, 0.3) is 0 Å². The van der Waals surface area contributed by atoms with Crippen molar-refractivity contribution in [1.29, 1.82) is 5.41 Å². The van der Waals surface area contributed by atoms with Crippen LogP contribution >= 0.6 is 0 Å². The second-order valence-corrected chi connectivity index (χ2v) is 2.63. The predicted molar refractivity (Wildman–Crippen MR) is 53.5 cm³/mol. The summed E-state index contributed by atoms with van der Waals surface area (Å²) in [7, 11) is 0. The molecule has 1 aliphatic carbocycles. The van der Waals surface area contributed by atoms with Gasteiger partial charge in [0.05, 0.1) is 5.71 Å². The Morgan fingerprint density at radius 1 is 1.58 bits per heavy atom. The Morgan fingerprint density at radius 2 is 2.33 bits per heavy atom. The molecular formula is C11H13N. The zero-order chi connectivity index (χ0) is 8.97. The SMILES string of the molecule is C=C/C=C1\C(=N)C=CC=C1CC. The first-order valence-corrected chi connectivity index (χ1v) is 4.08. The van der Waals surface area contributed by atoms with Gasteiger partial charge in [-0.15, -0.1) is 0 Å². The Labute approximate surface area is 73.3 Å². The normalized spacial score (nSPS) is 19.6. The van der Waals surface area contributed by atoms with Crippen LogP contribution in [-0.2, 0) is 0 Å². The number of rotatable bonds is 2. The molecule has 1 heteroatoms. The second-order valence-electron chi connectivity index (χ2n) is 2.63. The first-order valence-electron chi connectivity index (χ1n) is 4.08. The molecule has 62 valence electrons. The van der Waals surface area contributed by atoms with E-state index in [2.05, 4.69) is 13.5 Å². The van der Waals surface area contributed by atoms with Crippen LogP contribution in [0.5, 0.6) is 0 Å². The molecule has 0 aromatic carbocycles. The van der Waals surface area contributed by atoms with Crippen molar-refractivity contribution in [2.75, 3.05) is 0 Å². The Bertz CT molecular complexity index is 290. The lowest BCUT2D eigenvalue weighted by Crippen LogP contribution is -2.03. The van der Waals surface area contributed by atoms with Crippen LogP contribution < -0.4 is 0 Å². The van der Waals surface area contributed by atoms with Crippen LogP contribution in [0.25, 0.3) is 0 Å². The summed E-state index contributed by atoms with van der Waals surface area (Å²) in [5, 5.41) is 7.64. The Balaban J connectivity index is 3.04. The fourth-order valence-electron chi connectivity index (χ4n) is 1.24. The maximum atomic E-state index is 7.64. The van der Waals surface area contributed by atoms with E-state index in [1.165, 1.54) is 5.57 Å². The van der Waals surface area contributed by atoms with E-state index in [9.17, 15) is 0 Å². The summed E-state index contributed by atoms with van der Waals surface area (Å²) < 4.78 is 0. The number of hydrogen-bond acceptors (Lipinski definition) is 1. The summed E-state index contributed by atoms with van der Waals surface area (Å²) in [5.41, 5.74) is 2.78. The van der Waals surface area contributed by atoms with Crippen LogP contribution in [0, 0.1) is 5.41 Å². The molecule has 0 aromatic heterocycles. The van der Waals surface area contributed by atoms with Gasteiger partial charge in [-0.3, -0.25) is 0 Å². The largest absolute Gasteiger partial charge is 0.300 e. The molecule has 0 fully saturated rings. The molecule has 12 heavy (non-hydrogen) atoms. The number of hydrogen-bond donors (Lipinski definition) is 1. The summed E-state index contributed by atoms with van der Waals surface area (Å²) in [4.78, 5) is 0. The lowest BCUT2D eigenvalue weighted by atomic mass is 9.94. The third kappa shape index (κ3) is 1.62. The van der Waals surface area contributed by atoms with E-state index < -0.39 is 0 Å². The molecular weight excluding hydrogens is 146 g/mol. The van der Waals surface area contributed by atoms with Crippen LogP contribution in [0.1, 0.15) is 13.3 Å². The molecule has 1 N–H and O–H groups in total. The zero-order valence-corrected chi connectivity index (χ0v) is 7.30. The summed E-state index contributed by atoms with van der Waals surface area (Å²) in [6, 6.07) is 0. The van der Waals surface area contributed by atoms with Gasteiger partial charge in [0.15, 0.2) is 0 Å². The molecule has 0 amide bonds. The molecule has 0 aromatic rings. The Kier molecular flexibility index (Phi) is 2.81. The first-order chi connectivity index (χ1) is 5.79. The molecule has 1 nitrogen and oxygen atoms in total. The molecule has 0 radical (unpaired) electrons. The second kappa shape index (κ2) is 3.86. The van der Waals surface area contributed by atoms with Gasteiger partial charge >= 0.3 is 0 Å². The third-order valence-electron chi connectivity index (χ3n) is 1.86. The van der Waals surface area contributed by atoms with Crippen molar-refractivity contribution < 1.29 is 0 Å². The van der Waals surface area contributed by atoms with Crippen molar-refractivity contribution in [2.24, 2.45) is 0 Å². The van der Waals surface area contributed by atoms with E-state index in [1.807, 2.05) is 18.2 Å². The zero-order valence-electron chi connectivity index (χ0n) is 7.30. The van der Waals surface area contributed by atoms with E-state index in [1.54, 1.807) is 12.2 Å². The van der Waals surface area contributed by atoms with Gasteiger partial charge in [-0.2, -0.15) is 0 Å². The Morgan fingerprint density at radius 3 is 2.92 bits per heavy atom. The molecule has 0 bridgehead atoms. The summed E-state index contributed by atoms with van der Waals surface area (Å²) in [6.07, 6.45) is 10.4. The smallest absolute Gasteiger partial charge is 0.0614 e. The van der Waals surface area contributed by atoms with Gasteiger partial charge in [-0.05, 0) is 18.1 Å². The summed E-state index contributed by atoms with van der Waals surface area (Å²) in [6.45, 7) is 5.73. The highest BCUT2D eigenvalue weighted by Crippen LogP contribution is 2.19. The Hall–Kier alpha value is -1.37. The molecule has 0 atom stereocenters. The average molecular weight is 159 g/mol. The lowest BCUT2D eigenvalue weighted by molar-refractivity contribution is 1.13. The fraction of sp³-hybridized carbons (Fsp3) is 0.182. The topological polar surface area (TPSA) is 23.9 Å². The molecule has 0 saturated carbocycles. The van der Waals surface area contributed by atoms with Gasteiger partial charge in [0.2, 0.25) is 0 Å². The molecule has 0 saturated heterocycles. The van der Waals surface area contributed by atoms with Crippen molar-refractivity contribution in [2.45, 2.75) is 13.3 Å². The monoisotopic (exact) mass is 159 g/mol. The van der Waals surface area contributed by atoms with E-state index in [0.29, 0.717) is 5.71 Å². The highest BCUT2D eigenvalue weighted by atomic mass is 14.4. The van der Waals surface area contributed by atoms with Gasteiger partial charge in [0.1, 0.15) is 0 Å². The molecule has 1 rings (SSSR count). The van der Waals surface area contributed by atoms with Crippen LogP contribution in [0.2, 0.25) is 0 Å². The van der Waals surface area contributed by atoms with Crippen molar-refractivity contribution in [3.8, 4) is 0 Å². The summed E-state index contributed by atoms with van der Waals surface area (Å²) in [5.74, 6) is 0. The van der Waals surface area contributed by atoms with Crippen molar-refractivity contribution >= 4 is 5.71 Å². The van der Waals surface area contributed by atoms with E-state index in [-0.39, 0.29) is 0 Å². The van der Waals surface area contributed by atoms with Crippen LogP contribution in [-0.4, -0.2) is 5.71 Å². The maximum Gasteiger partial charge on any atom is 0.0614 e. The quantitative estimate of drug-likeness (QED) is 0.640. The molecule has 0 spiro atoms. The first kappa shape index (κ1) is 8.72. The fourth-order valence-corrected chi connectivity index (χ4v) is 1.24. The van der Waals surface area contributed by atoms with Crippen molar-refractivity contribution in [1.82, 2.24) is 0 Å². The number of allylic oxidation sites excluding steroid dienone is 7. The van der Waals surface area contributed by atoms with Gasteiger partial charge < -0.3 is 5.41 Å². The highest BCUT2D eigenvalue weighted by molar-refractivity contribution is 6.10. The van der Waals surface area contributed by atoms with Gasteiger partial charge in [-0.1, -0.05) is 37.8 Å². The van der Waals surface area contributed by atoms with Crippen LogP contribution in [0.3, 0.4) is 0 Å². The van der Waals surface area contributed by atoms with Crippen LogP contribution in [0.4, 0.5) is 0 Å². The molecule has 0 aliphatic heterocycles. The standard InChI is InChI=1S/C11H13N/c1-3-6-10-9(4-2)7-5-8-11(10)12/h3,5-8,12H,1,4H2,2H3/b10-6-,12-11?. The number of nitrogens with one attached hydrogen (secondary N) is 1. The van der Waals surface area contributed by atoms with E-state index in [0.717, 1.165) is 12.0 Å². The van der Waals surface area contributed by atoms with Crippen LogP contribution in [0.15, 0.2) is 48.1 Å². The van der Waals surface area contributed by atoms with Gasteiger partial charge in [0, 0.05) is 5.57 Å². The molecule has 0 unspecified atom stereocenters. The predicted octanol–water partition coefficient (Wildman–Crippen LogP) is 3.02. The molecule has 1 aliphatic rings. The maximum absolute atomic E-state index is 7.64. The third-order valence-corrected chi connectivity index (χ3v) is 1.86.